The highest BCUT2D eigenvalue weighted by atomic mass is 32.2. The summed E-state index contributed by atoms with van der Waals surface area (Å²) in [5, 5.41) is 20.2. The van der Waals surface area contributed by atoms with Gasteiger partial charge in [0.05, 0.1) is 5.75 Å². The summed E-state index contributed by atoms with van der Waals surface area (Å²) < 4.78 is 8.35. The van der Waals surface area contributed by atoms with E-state index >= 15 is 0 Å². The standard InChI is InChI=1S/C21H28N6O2S2/c1-13(2)10-27-19(15(5)29-17-9-7-6-8-16(17)14(3)4)24-26-21(27)30-11-18(28)23-20-25-22-12-31-20/h6-9,12-15H,10-11H2,1-5H3,(H,23,25,28). The van der Waals surface area contributed by atoms with Gasteiger partial charge < -0.3 is 9.30 Å². The molecule has 1 aromatic carbocycles. The topological polar surface area (TPSA) is 94.8 Å². The molecule has 2 heterocycles. The molecule has 8 nitrogen and oxygen atoms in total. The Bertz CT molecular complexity index is 988. The lowest BCUT2D eigenvalue weighted by Crippen LogP contribution is -2.17. The van der Waals surface area contributed by atoms with E-state index in [9.17, 15) is 4.79 Å². The van der Waals surface area contributed by atoms with Gasteiger partial charge in [-0.1, -0.05) is 69.0 Å². The van der Waals surface area contributed by atoms with E-state index < -0.39 is 0 Å². The van der Waals surface area contributed by atoms with Crippen LogP contribution in [0, 0.1) is 5.92 Å². The molecule has 0 aliphatic heterocycles. The first-order chi connectivity index (χ1) is 14.8. The van der Waals surface area contributed by atoms with Gasteiger partial charge in [-0.25, -0.2) is 0 Å². The molecule has 3 aromatic rings. The number of anilines is 1. The highest BCUT2D eigenvalue weighted by Crippen LogP contribution is 2.31. The Hall–Kier alpha value is -2.46. The summed E-state index contributed by atoms with van der Waals surface area (Å²) in [5.41, 5.74) is 2.74. The van der Waals surface area contributed by atoms with Crippen molar-refractivity contribution in [2.75, 3.05) is 11.1 Å². The average Bonchev–Trinajstić information content (AvgIpc) is 3.36. The first-order valence-corrected chi connectivity index (χ1v) is 12.1. The average molecular weight is 461 g/mol. The molecular weight excluding hydrogens is 432 g/mol. The van der Waals surface area contributed by atoms with Crippen molar-refractivity contribution in [3.63, 3.8) is 0 Å². The van der Waals surface area contributed by atoms with Crippen LogP contribution >= 0.6 is 23.1 Å². The largest absolute Gasteiger partial charge is 0.482 e. The number of nitrogens with one attached hydrogen (secondary N) is 1. The van der Waals surface area contributed by atoms with Crippen LogP contribution in [-0.4, -0.2) is 36.6 Å². The maximum absolute atomic E-state index is 12.2. The molecule has 1 N–H and O–H groups in total. The lowest BCUT2D eigenvalue weighted by molar-refractivity contribution is -0.113. The SMILES string of the molecule is CC(C)Cn1c(SCC(=O)Nc2nncs2)nnc1C(C)Oc1ccccc1C(C)C. The van der Waals surface area contributed by atoms with Crippen molar-refractivity contribution in [1.29, 1.82) is 0 Å². The van der Waals surface area contributed by atoms with E-state index in [1.165, 1.54) is 23.1 Å². The highest BCUT2D eigenvalue weighted by molar-refractivity contribution is 7.99. The number of hydrogen-bond donors (Lipinski definition) is 1. The van der Waals surface area contributed by atoms with Gasteiger partial charge in [0.15, 0.2) is 17.1 Å². The second-order valence-corrected chi connectivity index (χ2v) is 9.65. The molecule has 1 amide bonds. The predicted octanol–water partition coefficient (Wildman–Crippen LogP) is 4.78. The maximum Gasteiger partial charge on any atom is 0.236 e. The first-order valence-electron chi connectivity index (χ1n) is 10.2. The number of aromatic nitrogens is 5. The summed E-state index contributed by atoms with van der Waals surface area (Å²) in [6.45, 7) is 11.3. The molecule has 0 aliphatic carbocycles. The van der Waals surface area contributed by atoms with Crippen molar-refractivity contribution in [1.82, 2.24) is 25.0 Å². The Balaban J connectivity index is 1.74. The summed E-state index contributed by atoms with van der Waals surface area (Å²) in [6, 6.07) is 8.08. The summed E-state index contributed by atoms with van der Waals surface area (Å²) in [6.07, 6.45) is -0.282. The maximum atomic E-state index is 12.2. The van der Waals surface area contributed by atoms with Gasteiger partial charge >= 0.3 is 0 Å². The van der Waals surface area contributed by atoms with Crippen LogP contribution in [0.2, 0.25) is 0 Å². The number of benzene rings is 1. The van der Waals surface area contributed by atoms with E-state index in [1.807, 2.05) is 25.1 Å². The van der Waals surface area contributed by atoms with E-state index in [-0.39, 0.29) is 17.8 Å². The number of amides is 1. The van der Waals surface area contributed by atoms with Crippen molar-refractivity contribution in [3.05, 3.63) is 41.2 Å². The van der Waals surface area contributed by atoms with Gasteiger partial charge in [0.2, 0.25) is 11.0 Å². The molecule has 31 heavy (non-hydrogen) atoms. The summed E-state index contributed by atoms with van der Waals surface area (Å²) >= 11 is 2.63. The van der Waals surface area contributed by atoms with Crippen LogP contribution in [0.5, 0.6) is 5.75 Å². The lowest BCUT2D eigenvalue weighted by Gasteiger charge is -2.20. The van der Waals surface area contributed by atoms with Crippen molar-refractivity contribution in [2.24, 2.45) is 5.92 Å². The van der Waals surface area contributed by atoms with E-state index in [0.29, 0.717) is 22.1 Å². The molecule has 10 heteroatoms. The predicted molar refractivity (Wildman–Crippen MR) is 124 cm³/mol. The number of nitrogens with zero attached hydrogens (tertiary/aromatic N) is 5. The number of carbonyl (C=O) groups is 1. The Morgan fingerprint density at radius 3 is 2.61 bits per heavy atom. The number of para-hydroxylation sites is 1. The fraction of sp³-hybridized carbons (Fsp3) is 0.476. The second kappa shape index (κ2) is 10.7. The second-order valence-electron chi connectivity index (χ2n) is 7.88. The van der Waals surface area contributed by atoms with Gasteiger partial charge in [0.25, 0.3) is 0 Å². The fourth-order valence-corrected chi connectivity index (χ4v) is 4.28. The van der Waals surface area contributed by atoms with Gasteiger partial charge in [-0.05, 0) is 30.4 Å². The van der Waals surface area contributed by atoms with E-state index in [1.54, 1.807) is 5.51 Å². The summed E-state index contributed by atoms with van der Waals surface area (Å²) in [4.78, 5) is 12.2. The van der Waals surface area contributed by atoms with Crippen molar-refractivity contribution in [2.45, 2.75) is 58.3 Å². The zero-order valence-corrected chi connectivity index (χ0v) is 20.0. The molecule has 166 valence electrons. The molecule has 3 rings (SSSR count). The molecule has 0 radical (unpaired) electrons. The smallest absolute Gasteiger partial charge is 0.236 e. The van der Waals surface area contributed by atoms with Crippen LogP contribution in [0.15, 0.2) is 34.9 Å². The molecule has 0 saturated heterocycles. The zero-order valence-electron chi connectivity index (χ0n) is 18.4. The summed E-state index contributed by atoms with van der Waals surface area (Å²) in [5.74, 6) is 2.40. The molecule has 0 fully saturated rings. The third kappa shape index (κ3) is 6.27. The number of carbonyl (C=O) groups excluding carboxylic acids is 1. The van der Waals surface area contributed by atoms with Crippen LogP contribution < -0.4 is 10.1 Å². The molecule has 0 aliphatic rings. The van der Waals surface area contributed by atoms with Crippen LogP contribution in [0.4, 0.5) is 5.13 Å². The molecule has 1 atom stereocenters. The number of hydrogen-bond acceptors (Lipinski definition) is 8. The van der Waals surface area contributed by atoms with Crippen LogP contribution in [0.25, 0.3) is 0 Å². The van der Waals surface area contributed by atoms with E-state index in [4.69, 9.17) is 4.74 Å². The third-order valence-corrected chi connectivity index (χ3v) is 6.01. The zero-order chi connectivity index (χ0) is 22.4. The monoisotopic (exact) mass is 460 g/mol. The fourth-order valence-electron chi connectivity index (χ4n) is 3.07. The van der Waals surface area contributed by atoms with Gasteiger partial charge in [-0.15, -0.1) is 20.4 Å². The minimum Gasteiger partial charge on any atom is -0.482 e. The van der Waals surface area contributed by atoms with Crippen LogP contribution in [0.1, 0.15) is 58.0 Å². The lowest BCUT2D eigenvalue weighted by atomic mass is 10.0. The normalized spacial score (nSPS) is 12.4. The Kier molecular flexibility index (Phi) is 8.03. The van der Waals surface area contributed by atoms with Gasteiger partial charge in [-0.3, -0.25) is 10.1 Å². The van der Waals surface area contributed by atoms with Crippen LogP contribution in [0.3, 0.4) is 0 Å². The van der Waals surface area contributed by atoms with Gasteiger partial charge in [-0.2, -0.15) is 0 Å². The Morgan fingerprint density at radius 1 is 1.16 bits per heavy atom. The van der Waals surface area contributed by atoms with Crippen molar-refractivity contribution in [3.8, 4) is 5.75 Å². The van der Waals surface area contributed by atoms with Crippen molar-refractivity contribution >= 4 is 34.1 Å². The van der Waals surface area contributed by atoms with E-state index in [2.05, 4.69) is 64.0 Å². The first kappa shape index (κ1) is 23.2. The molecule has 0 spiro atoms. The van der Waals surface area contributed by atoms with Crippen molar-refractivity contribution < 1.29 is 9.53 Å². The molecule has 1 unspecified atom stereocenters. The molecular formula is C21H28N6O2S2. The Labute approximate surface area is 190 Å². The Morgan fingerprint density at radius 2 is 1.94 bits per heavy atom. The van der Waals surface area contributed by atoms with Gasteiger partial charge in [0.1, 0.15) is 11.3 Å². The minimum atomic E-state index is -0.282. The number of ether oxygens (including phenoxy) is 1. The third-order valence-electron chi connectivity index (χ3n) is 4.44. The number of rotatable bonds is 10. The number of thioether (sulfide) groups is 1. The highest BCUT2D eigenvalue weighted by Gasteiger charge is 2.22. The molecule has 2 aromatic heterocycles. The van der Waals surface area contributed by atoms with Gasteiger partial charge in [0, 0.05) is 6.54 Å². The quantitative estimate of drug-likeness (QED) is 0.435. The minimum absolute atomic E-state index is 0.155. The summed E-state index contributed by atoms with van der Waals surface area (Å²) in [7, 11) is 0. The molecule has 0 bridgehead atoms. The van der Waals surface area contributed by atoms with Crippen LogP contribution in [-0.2, 0) is 11.3 Å². The molecule has 0 saturated carbocycles. The van der Waals surface area contributed by atoms with E-state index in [0.717, 1.165) is 23.7 Å².